The van der Waals surface area contributed by atoms with Crippen molar-refractivity contribution in [1.29, 1.82) is 0 Å². The summed E-state index contributed by atoms with van der Waals surface area (Å²) in [5.74, 6) is -2.06. The standard InChI is InChI=1S/C15H12ClFN2O4/c16-10-5-9(6-12(20)15(10)22)7-18-19-14(21)8-23-13-4-2-1-3-11(13)17/h1-7,20,22H,8H2,(H,19,21)/b18-7+. The van der Waals surface area contributed by atoms with E-state index in [0.717, 1.165) is 0 Å². The number of rotatable bonds is 5. The van der Waals surface area contributed by atoms with Gasteiger partial charge in [0, 0.05) is 0 Å². The molecule has 0 atom stereocenters. The molecule has 0 unspecified atom stereocenters. The van der Waals surface area contributed by atoms with Crippen LogP contribution < -0.4 is 10.2 Å². The average molecular weight is 339 g/mol. The summed E-state index contributed by atoms with van der Waals surface area (Å²) in [5.41, 5.74) is 2.53. The summed E-state index contributed by atoms with van der Waals surface area (Å²) in [6, 6.07) is 8.26. The van der Waals surface area contributed by atoms with Gasteiger partial charge in [-0.05, 0) is 29.8 Å². The number of amides is 1. The minimum atomic E-state index is -0.599. The second kappa shape index (κ2) is 7.46. The fourth-order valence-corrected chi connectivity index (χ4v) is 1.82. The Hall–Kier alpha value is -2.80. The first-order valence-electron chi connectivity index (χ1n) is 6.38. The fourth-order valence-electron chi connectivity index (χ4n) is 1.60. The van der Waals surface area contributed by atoms with Gasteiger partial charge in [-0.3, -0.25) is 4.79 Å². The molecule has 3 N–H and O–H groups in total. The predicted octanol–water partition coefficient (Wildman–Crippen LogP) is 2.42. The van der Waals surface area contributed by atoms with E-state index in [4.69, 9.17) is 16.3 Å². The van der Waals surface area contributed by atoms with Gasteiger partial charge in [0.05, 0.1) is 11.2 Å². The van der Waals surface area contributed by atoms with Gasteiger partial charge >= 0.3 is 0 Å². The van der Waals surface area contributed by atoms with E-state index >= 15 is 0 Å². The van der Waals surface area contributed by atoms with E-state index in [0.29, 0.717) is 5.56 Å². The lowest BCUT2D eigenvalue weighted by molar-refractivity contribution is -0.123. The third-order valence-electron chi connectivity index (χ3n) is 2.66. The van der Waals surface area contributed by atoms with Crippen molar-refractivity contribution in [3.05, 3.63) is 52.8 Å². The van der Waals surface area contributed by atoms with Crippen LogP contribution in [0.4, 0.5) is 4.39 Å². The molecule has 0 heterocycles. The van der Waals surface area contributed by atoms with Crippen LogP contribution in [0.15, 0.2) is 41.5 Å². The van der Waals surface area contributed by atoms with Gasteiger partial charge in [-0.15, -0.1) is 0 Å². The monoisotopic (exact) mass is 338 g/mol. The van der Waals surface area contributed by atoms with Gasteiger partial charge in [-0.1, -0.05) is 23.7 Å². The summed E-state index contributed by atoms with van der Waals surface area (Å²) in [4.78, 5) is 11.5. The van der Waals surface area contributed by atoms with Crippen LogP contribution >= 0.6 is 11.6 Å². The van der Waals surface area contributed by atoms with E-state index in [2.05, 4.69) is 10.5 Å². The molecule has 0 bridgehead atoms. The minimum Gasteiger partial charge on any atom is -0.504 e. The number of carbonyl (C=O) groups excluding carboxylic acids is 1. The predicted molar refractivity (Wildman–Crippen MR) is 82.4 cm³/mol. The highest BCUT2D eigenvalue weighted by Gasteiger charge is 2.07. The molecule has 2 rings (SSSR count). The molecule has 0 radical (unpaired) electrons. The second-order valence-corrected chi connectivity index (χ2v) is 4.79. The molecular weight excluding hydrogens is 327 g/mol. The van der Waals surface area contributed by atoms with Crippen molar-refractivity contribution in [2.45, 2.75) is 0 Å². The van der Waals surface area contributed by atoms with Gasteiger partial charge < -0.3 is 14.9 Å². The number of halogens is 2. The number of hydrazone groups is 1. The van der Waals surface area contributed by atoms with Gasteiger partial charge in [0.15, 0.2) is 29.7 Å². The van der Waals surface area contributed by atoms with E-state index in [1.54, 1.807) is 6.07 Å². The SMILES string of the molecule is O=C(COc1ccccc1F)N/N=C/c1cc(O)c(O)c(Cl)c1. The van der Waals surface area contributed by atoms with Crippen LogP contribution in [0.2, 0.25) is 5.02 Å². The van der Waals surface area contributed by atoms with Crippen LogP contribution in [-0.2, 0) is 4.79 Å². The highest BCUT2D eigenvalue weighted by atomic mass is 35.5. The Balaban J connectivity index is 1.88. The van der Waals surface area contributed by atoms with E-state index < -0.39 is 29.8 Å². The topological polar surface area (TPSA) is 91.2 Å². The van der Waals surface area contributed by atoms with Gasteiger partial charge in [0.1, 0.15) is 0 Å². The molecule has 1 amide bonds. The lowest BCUT2D eigenvalue weighted by Gasteiger charge is -2.05. The number of benzene rings is 2. The molecule has 0 aromatic heterocycles. The molecule has 0 aliphatic carbocycles. The molecule has 0 fully saturated rings. The van der Waals surface area contributed by atoms with Gasteiger partial charge in [0.2, 0.25) is 0 Å². The number of phenols is 2. The number of para-hydroxylation sites is 1. The first-order chi connectivity index (χ1) is 11.0. The van der Waals surface area contributed by atoms with Crippen molar-refractivity contribution in [2.24, 2.45) is 5.10 Å². The summed E-state index contributed by atoms with van der Waals surface area (Å²) >= 11 is 5.68. The molecular formula is C15H12ClFN2O4. The first kappa shape index (κ1) is 16.6. The lowest BCUT2D eigenvalue weighted by Crippen LogP contribution is -2.24. The maximum Gasteiger partial charge on any atom is 0.277 e. The number of ether oxygens (including phenoxy) is 1. The Kier molecular flexibility index (Phi) is 5.37. The zero-order chi connectivity index (χ0) is 16.8. The fraction of sp³-hybridized carbons (Fsp3) is 0.0667. The number of hydrogen-bond acceptors (Lipinski definition) is 5. The summed E-state index contributed by atoms with van der Waals surface area (Å²) in [7, 11) is 0. The van der Waals surface area contributed by atoms with Crippen LogP contribution in [0, 0.1) is 5.82 Å². The summed E-state index contributed by atoms with van der Waals surface area (Å²) in [6.45, 7) is -0.417. The largest absolute Gasteiger partial charge is 0.504 e. The first-order valence-corrected chi connectivity index (χ1v) is 6.76. The number of aromatic hydroxyl groups is 2. The van der Waals surface area contributed by atoms with Crippen molar-refractivity contribution in [2.75, 3.05) is 6.61 Å². The van der Waals surface area contributed by atoms with Crippen molar-refractivity contribution in [3.8, 4) is 17.2 Å². The van der Waals surface area contributed by atoms with Gasteiger partial charge in [-0.2, -0.15) is 5.10 Å². The average Bonchev–Trinajstić information content (AvgIpc) is 2.52. The molecule has 2 aromatic carbocycles. The van der Waals surface area contributed by atoms with Crippen molar-refractivity contribution >= 4 is 23.7 Å². The summed E-state index contributed by atoms with van der Waals surface area (Å²) in [5, 5.41) is 22.3. The van der Waals surface area contributed by atoms with Crippen LogP contribution in [0.1, 0.15) is 5.56 Å². The van der Waals surface area contributed by atoms with Crippen LogP contribution in [0.5, 0.6) is 17.2 Å². The molecule has 8 heteroatoms. The third kappa shape index (κ3) is 4.58. The third-order valence-corrected chi connectivity index (χ3v) is 2.95. The molecule has 23 heavy (non-hydrogen) atoms. The van der Waals surface area contributed by atoms with Crippen LogP contribution in [0.3, 0.4) is 0 Å². The van der Waals surface area contributed by atoms with Crippen LogP contribution in [-0.4, -0.2) is 28.9 Å². The van der Waals surface area contributed by atoms with E-state index in [9.17, 15) is 19.4 Å². The number of phenolic OH excluding ortho intramolecular Hbond substituents is 2. The highest BCUT2D eigenvalue weighted by molar-refractivity contribution is 6.32. The zero-order valence-corrected chi connectivity index (χ0v) is 12.4. The Labute approximate surface area is 135 Å². The maximum absolute atomic E-state index is 13.3. The number of nitrogens with zero attached hydrogens (tertiary/aromatic N) is 1. The summed E-state index contributed by atoms with van der Waals surface area (Å²) < 4.78 is 18.3. The van der Waals surface area contributed by atoms with Gasteiger partial charge in [-0.25, -0.2) is 9.82 Å². The molecule has 6 nitrogen and oxygen atoms in total. The zero-order valence-electron chi connectivity index (χ0n) is 11.7. The van der Waals surface area contributed by atoms with Crippen molar-refractivity contribution in [3.63, 3.8) is 0 Å². The van der Waals surface area contributed by atoms with E-state index in [-0.39, 0.29) is 10.8 Å². The van der Waals surface area contributed by atoms with E-state index in [1.807, 2.05) is 0 Å². The Morgan fingerprint density at radius 3 is 2.78 bits per heavy atom. The molecule has 0 spiro atoms. The minimum absolute atomic E-state index is 0.0399. The Morgan fingerprint density at radius 1 is 1.35 bits per heavy atom. The molecule has 0 aliphatic heterocycles. The lowest BCUT2D eigenvalue weighted by atomic mass is 10.2. The van der Waals surface area contributed by atoms with E-state index in [1.165, 1.54) is 36.5 Å². The smallest absolute Gasteiger partial charge is 0.277 e. The van der Waals surface area contributed by atoms with Crippen molar-refractivity contribution in [1.82, 2.24) is 5.43 Å². The molecule has 0 saturated heterocycles. The maximum atomic E-state index is 13.3. The second-order valence-electron chi connectivity index (χ2n) is 4.38. The molecule has 0 aliphatic rings. The summed E-state index contributed by atoms with van der Waals surface area (Å²) in [6.07, 6.45) is 1.21. The highest BCUT2D eigenvalue weighted by Crippen LogP contribution is 2.33. The normalized spacial score (nSPS) is 10.7. The Bertz CT molecular complexity index is 729. The number of carbonyl (C=O) groups is 1. The number of nitrogens with one attached hydrogen (secondary N) is 1. The van der Waals surface area contributed by atoms with Crippen molar-refractivity contribution < 1.29 is 24.1 Å². The van der Waals surface area contributed by atoms with Gasteiger partial charge in [0.25, 0.3) is 5.91 Å². The molecule has 2 aromatic rings. The van der Waals surface area contributed by atoms with Crippen LogP contribution in [0.25, 0.3) is 0 Å². The quantitative estimate of drug-likeness (QED) is 0.443. The number of hydrogen-bond donors (Lipinski definition) is 3. The molecule has 0 saturated carbocycles. The molecule has 120 valence electrons. The Morgan fingerprint density at radius 2 is 2.09 bits per heavy atom.